The van der Waals surface area contributed by atoms with E-state index in [0.717, 1.165) is 19.6 Å². The maximum Gasteiger partial charge on any atom is 0.277 e. The molecule has 1 aliphatic heterocycles. The quantitative estimate of drug-likeness (QED) is 0.577. The number of aromatic nitrogens is 2. The third-order valence-corrected chi connectivity index (χ3v) is 4.71. The highest BCUT2D eigenvalue weighted by Gasteiger charge is 2.20. The smallest absolute Gasteiger partial charge is 0.277 e. The number of morpholine rings is 1. The fourth-order valence-corrected chi connectivity index (χ4v) is 3.08. The van der Waals surface area contributed by atoms with E-state index in [2.05, 4.69) is 15.3 Å². The molecule has 1 aromatic carbocycles. The Bertz CT molecular complexity index is 843. The van der Waals surface area contributed by atoms with Crippen molar-refractivity contribution in [2.45, 2.75) is 19.9 Å². The number of benzene rings is 1. The van der Waals surface area contributed by atoms with E-state index < -0.39 is 4.92 Å². The van der Waals surface area contributed by atoms with Gasteiger partial charge in [0, 0.05) is 55.6 Å². The average Bonchev–Trinajstić information content (AvgIpc) is 3.18. The first-order valence-electron chi connectivity index (χ1n) is 9.37. The zero-order valence-corrected chi connectivity index (χ0v) is 16.1. The van der Waals surface area contributed by atoms with Crippen LogP contribution in [-0.2, 0) is 4.74 Å². The summed E-state index contributed by atoms with van der Waals surface area (Å²) in [4.78, 5) is 25.7. The Balaban J connectivity index is 1.74. The van der Waals surface area contributed by atoms with Crippen LogP contribution in [0, 0.1) is 10.1 Å². The molecule has 1 aromatic heterocycles. The molecule has 0 radical (unpaired) electrons. The summed E-state index contributed by atoms with van der Waals surface area (Å²) in [5.41, 5.74) is 1.34. The van der Waals surface area contributed by atoms with Crippen molar-refractivity contribution in [2.24, 2.45) is 0 Å². The molecule has 150 valence electrons. The van der Waals surface area contributed by atoms with E-state index in [1.807, 2.05) is 13.8 Å². The molecule has 9 nitrogen and oxygen atoms in total. The zero-order valence-electron chi connectivity index (χ0n) is 16.1. The summed E-state index contributed by atoms with van der Waals surface area (Å²) in [7, 11) is 0. The van der Waals surface area contributed by atoms with Crippen molar-refractivity contribution < 1.29 is 14.5 Å². The summed E-state index contributed by atoms with van der Waals surface area (Å²) in [5, 5.41) is 18.6. The lowest BCUT2D eigenvalue weighted by Crippen LogP contribution is -2.41. The molecular weight excluding hydrogens is 362 g/mol. The first-order chi connectivity index (χ1) is 13.5. The molecule has 0 saturated carbocycles. The number of nitrogens with one attached hydrogen (secondary N) is 1. The highest BCUT2D eigenvalue weighted by molar-refractivity contribution is 5.96. The molecule has 0 atom stereocenters. The number of hydrogen-bond acceptors (Lipinski definition) is 6. The van der Waals surface area contributed by atoms with E-state index in [1.165, 1.54) is 12.1 Å². The minimum Gasteiger partial charge on any atom is -0.379 e. The molecule has 1 aliphatic rings. The fraction of sp³-hybridized carbons (Fsp3) is 0.474. The van der Waals surface area contributed by atoms with E-state index in [4.69, 9.17) is 4.74 Å². The minimum atomic E-state index is -0.442. The Morgan fingerprint density at radius 3 is 2.75 bits per heavy atom. The van der Waals surface area contributed by atoms with Gasteiger partial charge < -0.3 is 10.1 Å². The standard InChI is InChI=1S/C19H25N5O4/c1-14(2)23-13-16(12-21-23)17-11-15(3-4-18(17)24(26)27)19(25)20-5-6-22-7-9-28-10-8-22/h3-4,11-14H,5-10H2,1-2H3,(H,20,25). The van der Waals surface area contributed by atoms with Gasteiger partial charge in [-0.15, -0.1) is 0 Å². The van der Waals surface area contributed by atoms with Gasteiger partial charge in [0.15, 0.2) is 0 Å². The normalized spacial score (nSPS) is 15.0. The van der Waals surface area contributed by atoms with Crippen molar-refractivity contribution in [3.8, 4) is 11.1 Å². The van der Waals surface area contributed by atoms with Gasteiger partial charge >= 0.3 is 0 Å². The van der Waals surface area contributed by atoms with Crippen LogP contribution in [0.25, 0.3) is 11.1 Å². The molecule has 2 heterocycles. The minimum absolute atomic E-state index is 0.0480. The number of carbonyl (C=O) groups is 1. The van der Waals surface area contributed by atoms with Crippen LogP contribution in [0.1, 0.15) is 30.2 Å². The molecule has 0 bridgehead atoms. The summed E-state index contributed by atoms with van der Waals surface area (Å²) in [6.45, 7) is 8.35. The van der Waals surface area contributed by atoms with Crippen LogP contribution >= 0.6 is 0 Å². The number of rotatable bonds is 7. The lowest BCUT2D eigenvalue weighted by atomic mass is 10.0. The SMILES string of the molecule is CC(C)n1cc(-c2cc(C(=O)NCCN3CCOCC3)ccc2[N+](=O)[O-])cn1. The maximum absolute atomic E-state index is 12.5. The topological polar surface area (TPSA) is 103 Å². The zero-order chi connectivity index (χ0) is 20.1. The van der Waals surface area contributed by atoms with Crippen molar-refractivity contribution >= 4 is 11.6 Å². The predicted octanol–water partition coefficient (Wildman–Crippen LogP) is 2.10. The Kier molecular flexibility index (Phi) is 6.37. The van der Waals surface area contributed by atoms with Crippen LogP contribution in [0.5, 0.6) is 0 Å². The summed E-state index contributed by atoms with van der Waals surface area (Å²) in [6.07, 6.45) is 3.34. The highest BCUT2D eigenvalue weighted by Crippen LogP contribution is 2.31. The number of nitrogens with zero attached hydrogens (tertiary/aromatic N) is 4. The summed E-state index contributed by atoms with van der Waals surface area (Å²) >= 11 is 0. The Morgan fingerprint density at radius 2 is 2.11 bits per heavy atom. The fourth-order valence-electron chi connectivity index (χ4n) is 3.08. The van der Waals surface area contributed by atoms with E-state index >= 15 is 0 Å². The van der Waals surface area contributed by atoms with Crippen LogP contribution < -0.4 is 5.32 Å². The molecule has 0 unspecified atom stereocenters. The van der Waals surface area contributed by atoms with Gasteiger partial charge in [0.25, 0.3) is 11.6 Å². The van der Waals surface area contributed by atoms with Gasteiger partial charge in [-0.1, -0.05) is 0 Å². The van der Waals surface area contributed by atoms with Crippen LogP contribution in [0.3, 0.4) is 0 Å². The first kappa shape index (κ1) is 20.0. The molecule has 9 heteroatoms. The van der Waals surface area contributed by atoms with Gasteiger partial charge in [-0.2, -0.15) is 5.10 Å². The summed E-state index contributed by atoms with van der Waals surface area (Å²) in [6, 6.07) is 4.56. The third kappa shape index (κ3) is 4.73. The largest absolute Gasteiger partial charge is 0.379 e. The average molecular weight is 387 g/mol. The van der Waals surface area contributed by atoms with Crippen LogP contribution in [-0.4, -0.2) is 64.9 Å². The molecule has 1 saturated heterocycles. The lowest BCUT2D eigenvalue weighted by Gasteiger charge is -2.26. The first-order valence-corrected chi connectivity index (χ1v) is 9.37. The Morgan fingerprint density at radius 1 is 1.36 bits per heavy atom. The molecule has 0 aliphatic carbocycles. The number of nitro groups is 1. The molecule has 0 spiro atoms. The Labute approximate surface area is 163 Å². The van der Waals surface area contributed by atoms with Crippen molar-refractivity contribution in [3.05, 3.63) is 46.3 Å². The molecule has 2 aromatic rings. The monoisotopic (exact) mass is 387 g/mol. The lowest BCUT2D eigenvalue weighted by molar-refractivity contribution is -0.384. The van der Waals surface area contributed by atoms with Crippen LogP contribution in [0.15, 0.2) is 30.6 Å². The third-order valence-electron chi connectivity index (χ3n) is 4.71. The number of ether oxygens (including phenoxy) is 1. The van der Waals surface area contributed by atoms with Gasteiger partial charge in [0.1, 0.15) is 0 Å². The highest BCUT2D eigenvalue weighted by atomic mass is 16.6. The number of amides is 1. The second-order valence-electron chi connectivity index (χ2n) is 7.00. The van der Waals surface area contributed by atoms with E-state index in [9.17, 15) is 14.9 Å². The maximum atomic E-state index is 12.5. The predicted molar refractivity (Wildman–Crippen MR) is 104 cm³/mol. The number of carbonyl (C=O) groups excluding carboxylic acids is 1. The molecule has 3 rings (SSSR count). The van der Waals surface area contributed by atoms with Gasteiger partial charge in [0.2, 0.25) is 0 Å². The summed E-state index contributed by atoms with van der Waals surface area (Å²) < 4.78 is 7.04. The van der Waals surface area contributed by atoms with E-state index in [0.29, 0.717) is 36.4 Å². The molecule has 1 amide bonds. The second kappa shape index (κ2) is 8.94. The number of hydrogen-bond donors (Lipinski definition) is 1. The van der Waals surface area contributed by atoms with Crippen molar-refractivity contribution in [1.29, 1.82) is 0 Å². The van der Waals surface area contributed by atoms with Crippen LogP contribution in [0.4, 0.5) is 5.69 Å². The van der Waals surface area contributed by atoms with Crippen molar-refractivity contribution in [1.82, 2.24) is 20.0 Å². The molecule has 28 heavy (non-hydrogen) atoms. The van der Waals surface area contributed by atoms with E-state index in [-0.39, 0.29) is 17.6 Å². The van der Waals surface area contributed by atoms with Gasteiger partial charge in [0.05, 0.1) is 29.9 Å². The molecule has 1 N–H and O–H groups in total. The van der Waals surface area contributed by atoms with Gasteiger partial charge in [-0.3, -0.25) is 24.5 Å². The summed E-state index contributed by atoms with van der Waals surface area (Å²) in [5.74, 6) is -0.249. The molecular formula is C19H25N5O4. The number of nitro benzene ring substituents is 1. The van der Waals surface area contributed by atoms with Gasteiger partial charge in [-0.25, -0.2) is 0 Å². The van der Waals surface area contributed by atoms with Crippen molar-refractivity contribution in [3.63, 3.8) is 0 Å². The second-order valence-corrected chi connectivity index (χ2v) is 7.00. The van der Waals surface area contributed by atoms with Crippen LogP contribution in [0.2, 0.25) is 0 Å². The van der Waals surface area contributed by atoms with Crippen molar-refractivity contribution in [2.75, 3.05) is 39.4 Å². The van der Waals surface area contributed by atoms with Gasteiger partial charge in [-0.05, 0) is 26.0 Å². The molecule has 1 fully saturated rings. The Hall–Kier alpha value is -2.78. The van der Waals surface area contributed by atoms with E-state index in [1.54, 1.807) is 23.1 Å².